The fourth-order valence-electron chi connectivity index (χ4n) is 2.09. The molecule has 0 saturated heterocycles. The molecule has 0 aromatic heterocycles. The molecule has 2 atom stereocenters. The number of benzene rings is 1. The lowest BCUT2D eigenvalue weighted by Crippen LogP contribution is -2.59. The molecule has 2 unspecified atom stereocenters. The summed E-state index contributed by atoms with van der Waals surface area (Å²) in [6, 6.07) is 6.84. The number of aliphatic hydroxyl groups is 1. The second kappa shape index (κ2) is 4.15. The predicted octanol–water partition coefficient (Wildman–Crippen LogP) is 2.07. The molecule has 0 aliphatic heterocycles. The van der Waals surface area contributed by atoms with Gasteiger partial charge in [-0.2, -0.15) is 0 Å². The Balaban J connectivity index is 1.87. The van der Waals surface area contributed by atoms with Crippen LogP contribution < -0.4 is 5.32 Å². The van der Waals surface area contributed by atoms with Crippen molar-refractivity contribution in [2.24, 2.45) is 5.41 Å². The summed E-state index contributed by atoms with van der Waals surface area (Å²) in [5.41, 5.74) is 1.01. The molecule has 0 amide bonds. The van der Waals surface area contributed by atoms with Gasteiger partial charge in [-0.3, -0.25) is 0 Å². The van der Waals surface area contributed by atoms with Crippen molar-refractivity contribution >= 4 is 0 Å². The molecule has 16 heavy (non-hydrogen) atoms. The van der Waals surface area contributed by atoms with Gasteiger partial charge in [0.25, 0.3) is 0 Å². The molecule has 1 aliphatic rings. The maximum Gasteiger partial charge on any atom is 0.123 e. The van der Waals surface area contributed by atoms with E-state index in [2.05, 4.69) is 19.2 Å². The standard InChI is InChI=1S/C13H18FNO/c1-13(2)11(7-12(13)16)15-8-9-3-5-10(14)6-4-9/h3-6,11-12,15-16H,7-8H2,1-2H3. The monoisotopic (exact) mass is 223 g/mol. The zero-order valence-corrected chi connectivity index (χ0v) is 9.70. The first-order chi connectivity index (χ1) is 7.50. The molecule has 0 bridgehead atoms. The summed E-state index contributed by atoms with van der Waals surface area (Å²) in [6.45, 7) is 4.84. The highest BCUT2D eigenvalue weighted by atomic mass is 19.1. The summed E-state index contributed by atoms with van der Waals surface area (Å²) in [4.78, 5) is 0. The molecule has 2 N–H and O–H groups in total. The van der Waals surface area contributed by atoms with Crippen molar-refractivity contribution in [1.29, 1.82) is 0 Å². The van der Waals surface area contributed by atoms with Crippen LogP contribution in [0.1, 0.15) is 25.8 Å². The SMILES string of the molecule is CC1(C)C(O)CC1NCc1ccc(F)cc1. The number of aliphatic hydroxyl groups excluding tert-OH is 1. The second-order valence-corrected chi connectivity index (χ2v) is 5.13. The third kappa shape index (κ3) is 2.11. The van der Waals surface area contributed by atoms with Gasteiger partial charge in [-0.1, -0.05) is 26.0 Å². The lowest BCUT2D eigenvalue weighted by atomic mass is 9.64. The Bertz CT molecular complexity index is 361. The minimum atomic E-state index is -0.210. The molecule has 1 fully saturated rings. The molecule has 0 spiro atoms. The Morgan fingerprint density at radius 1 is 1.38 bits per heavy atom. The summed E-state index contributed by atoms with van der Waals surface area (Å²) < 4.78 is 12.7. The second-order valence-electron chi connectivity index (χ2n) is 5.13. The minimum Gasteiger partial charge on any atom is -0.392 e. The van der Waals surface area contributed by atoms with E-state index in [1.54, 1.807) is 12.1 Å². The summed E-state index contributed by atoms with van der Waals surface area (Å²) in [5.74, 6) is -0.205. The highest BCUT2D eigenvalue weighted by Gasteiger charge is 2.46. The first-order valence-corrected chi connectivity index (χ1v) is 5.66. The van der Waals surface area contributed by atoms with Gasteiger partial charge in [0.15, 0.2) is 0 Å². The first-order valence-electron chi connectivity index (χ1n) is 5.66. The van der Waals surface area contributed by atoms with E-state index in [9.17, 15) is 9.50 Å². The molecule has 1 aromatic carbocycles. The van der Waals surface area contributed by atoms with Crippen molar-refractivity contribution in [3.63, 3.8) is 0 Å². The van der Waals surface area contributed by atoms with Gasteiger partial charge in [-0.25, -0.2) is 4.39 Å². The van der Waals surface area contributed by atoms with Crippen molar-refractivity contribution in [2.45, 2.75) is 39.0 Å². The van der Waals surface area contributed by atoms with Crippen LogP contribution >= 0.6 is 0 Å². The molecule has 0 heterocycles. The lowest BCUT2D eigenvalue weighted by molar-refractivity contribution is -0.0729. The lowest BCUT2D eigenvalue weighted by Gasteiger charge is -2.49. The van der Waals surface area contributed by atoms with Gasteiger partial charge >= 0.3 is 0 Å². The minimum absolute atomic E-state index is 0.0555. The Labute approximate surface area is 95.5 Å². The van der Waals surface area contributed by atoms with Gasteiger partial charge < -0.3 is 10.4 Å². The van der Waals surface area contributed by atoms with E-state index in [1.807, 2.05) is 0 Å². The molecule has 3 heteroatoms. The van der Waals surface area contributed by atoms with Crippen molar-refractivity contribution < 1.29 is 9.50 Å². The van der Waals surface area contributed by atoms with Crippen molar-refractivity contribution in [2.75, 3.05) is 0 Å². The topological polar surface area (TPSA) is 32.3 Å². The van der Waals surface area contributed by atoms with E-state index < -0.39 is 0 Å². The molecule has 1 saturated carbocycles. The number of nitrogens with one attached hydrogen (secondary N) is 1. The molecular weight excluding hydrogens is 205 g/mol. The van der Waals surface area contributed by atoms with Crippen LogP contribution in [0, 0.1) is 11.2 Å². The number of hydrogen-bond donors (Lipinski definition) is 2. The smallest absolute Gasteiger partial charge is 0.123 e. The Morgan fingerprint density at radius 3 is 2.50 bits per heavy atom. The van der Waals surface area contributed by atoms with Crippen LogP contribution in [-0.4, -0.2) is 17.3 Å². The van der Waals surface area contributed by atoms with Gasteiger partial charge in [0.2, 0.25) is 0 Å². The molecule has 1 aromatic rings. The predicted molar refractivity (Wildman–Crippen MR) is 61.4 cm³/mol. The number of hydrogen-bond acceptors (Lipinski definition) is 2. The van der Waals surface area contributed by atoms with Crippen LogP contribution in [0.4, 0.5) is 4.39 Å². The molecular formula is C13H18FNO. The largest absolute Gasteiger partial charge is 0.392 e. The third-order valence-corrected chi connectivity index (χ3v) is 3.68. The summed E-state index contributed by atoms with van der Waals surface area (Å²) in [5, 5.41) is 13.0. The molecule has 88 valence electrons. The van der Waals surface area contributed by atoms with Crippen molar-refractivity contribution in [3.05, 3.63) is 35.6 Å². The highest BCUT2D eigenvalue weighted by Crippen LogP contribution is 2.40. The average molecular weight is 223 g/mol. The summed E-state index contributed by atoms with van der Waals surface area (Å²) in [7, 11) is 0. The van der Waals surface area contributed by atoms with E-state index in [0.29, 0.717) is 6.04 Å². The molecule has 2 rings (SSSR count). The van der Waals surface area contributed by atoms with E-state index in [-0.39, 0.29) is 17.3 Å². The van der Waals surface area contributed by atoms with Gasteiger partial charge in [0.05, 0.1) is 6.10 Å². The van der Waals surface area contributed by atoms with E-state index >= 15 is 0 Å². The van der Waals surface area contributed by atoms with E-state index in [1.165, 1.54) is 12.1 Å². The van der Waals surface area contributed by atoms with Crippen molar-refractivity contribution in [1.82, 2.24) is 5.32 Å². The van der Waals surface area contributed by atoms with Gasteiger partial charge in [-0.05, 0) is 24.1 Å². The maximum absolute atomic E-state index is 12.7. The third-order valence-electron chi connectivity index (χ3n) is 3.68. The van der Waals surface area contributed by atoms with Gasteiger partial charge in [0, 0.05) is 18.0 Å². The van der Waals surface area contributed by atoms with E-state index in [4.69, 9.17) is 0 Å². The normalized spacial score (nSPS) is 27.5. The molecule has 1 aliphatic carbocycles. The maximum atomic E-state index is 12.7. The average Bonchev–Trinajstić information content (AvgIpc) is 2.26. The van der Waals surface area contributed by atoms with Crippen LogP contribution in [-0.2, 0) is 6.54 Å². The van der Waals surface area contributed by atoms with Crippen LogP contribution in [0.3, 0.4) is 0 Å². The molecule has 2 nitrogen and oxygen atoms in total. The van der Waals surface area contributed by atoms with Crippen LogP contribution in [0.15, 0.2) is 24.3 Å². The summed E-state index contributed by atoms with van der Waals surface area (Å²) in [6.07, 6.45) is 0.590. The fourth-order valence-corrected chi connectivity index (χ4v) is 2.09. The number of halogens is 1. The zero-order valence-electron chi connectivity index (χ0n) is 9.70. The Kier molecular flexibility index (Phi) is 3.00. The quantitative estimate of drug-likeness (QED) is 0.822. The zero-order chi connectivity index (χ0) is 11.8. The first kappa shape index (κ1) is 11.6. The van der Waals surface area contributed by atoms with Gasteiger partial charge in [-0.15, -0.1) is 0 Å². The fraction of sp³-hybridized carbons (Fsp3) is 0.538. The Hall–Kier alpha value is -0.930. The summed E-state index contributed by atoms with van der Waals surface area (Å²) >= 11 is 0. The van der Waals surface area contributed by atoms with Crippen LogP contribution in [0.25, 0.3) is 0 Å². The van der Waals surface area contributed by atoms with Gasteiger partial charge in [0.1, 0.15) is 5.82 Å². The van der Waals surface area contributed by atoms with Crippen molar-refractivity contribution in [3.8, 4) is 0 Å². The number of rotatable bonds is 3. The van der Waals surface area contributed by atoms with Crippen LogP contribution in [0.2, 0.25) is 0 Å². The van der Waals surface area contributed by atoms with E-state index in [0.717, 1.165) is 18.5 Å². The van der Waals surface area contributed by atoms with Crippen LogP contribution in [0.5, 0.6) is 0 Å². The Morgan fingerprint density at radius 2 is 2.00 bits per heavy atom. The highest BCUT2D eigenvalue weighted by molar-refractivity contribution is 5.16. The molecule has 0 radical (unpaired) electrons.